The van der Waals surface area contributed by atoms with Gasteiger partial charge in [0.1, 0.15) is 5.78 Å². The van der Waals surface area contributed by atoms with Crippen LogP contribution in [0.1, 0.15) is 61.3 Å². The van der Waals surface area contributed by atoms with Gasteiger partial charge in [-0.05, 0) is 23.2 Å². The first-order valence-corrected chi connectivity index (χ1v) is 7.81. The molecule has 3 heteroatoms. The molecule has 3 atom stereocenters. The minimum atomic E-state index is -0.462. The van der Waals surface area contributed by atoms with E-state index in [-0.39, 0.29) is 34.4 Å². The minimum Gasteiger partial charge on any atom is -0.355 e. The normalized spacial score (nSPS) is 29.1. The molecule has 1 rings (SSSR count). The Morgan fingerprint density at radius 1 is 1.05 bits per heavy atom. The average molecular weight is 281 g/mol. The maximum atomic E-state index is 13.0. The predicted molar refractivity (Wildman–Crippen MR) is 82.3 cm³/mol. The molecule has 0 aliphatic carbocycles. The highest BCUT2D eigenvalue weighted by atomic mass is 16.2. The SMILES string of the molecule is CCCC1C(=O)NCC(C(C)(C)C)C(C(C)(C)C)C1=O. The van der Waals surface area contributed by atoms with Crippen LogP contribution in [-0.4, -0.2) is 18.2 Å². The lowest BCUT2D eigenvalue weighted by Gasteiger charge is -2.42. The van der Waals surface area contributed by atoms with E-state index >= 15 is 0 Å². The molecule has 0 bridgehead atoms. The van der Waals surface area contributed by atoms with E-state index in [0.29, 0.717) is 13.0 Å². The van der Waals surface area contributed by atoms with Gasteiger partial charge < -0.3 is 5.32 Å². The number of hydrogen-bond acceptors (Lipinski definition) is 2. The van der Waals surface area contributed by atoms with Crippen molar-refractivity contribution in [2.24, 2.45) is 28.6 Å². The van der Waals surface area contributed by atoms with Gasteiger partial charge in [0.05, 0.1) is 5.92 Å². The summed E-state index contributed by atoms with van der Waals surface area (Å²) in [6.07, 6.45) is 1.52. The molecule has 0 spiro atoms. The zero-order valence-corrected chi connectivity index (χ0v) is 14.2. The molecule has 0 aromatic heterocycles. The molecule has 0 radical (unpaired) electrons. The summed E-state index contributed by atoms with van der Waals surface area (Å²) < 4.78 is 0. The van der Waals surface area contributed by atoms with Crippen molar-refractivity contribution in [3.05, 3.63) is 0 Å². The van der Waals surface area contributed by atoms with Crippen LogP contribution in [0.15, 0.2) is 0 Å². The maximum Gasteiger partial charge on any atom is 0.230 e. The second-order valence-electron chi connectivity index (χ2n) is 8.30. The summed E-state index contributed by atoms with van der Waals surface area (Å²) >= 11 is 0. The molecule has 3 nitrogen and oxygen atoms in total. The van der Waals surface area contributed by atoms with Gasteiger partial charge in [0, 0.05) is 12.5 Å². The quantitative estimate of drug-likeness (QED) is 0.788. The van der Waals surface area contributed by atoms with E-state index in [2.05, 4.69) is 46.9 Å². The Hall–Kier alpha value is -0.860. The molecule has 1 fully saturated rings. The molecule has 1 saturated heterocycles. The van der Waals surface area contributed by atoms with E-state index < -0.39 is 5.92 Å². The lowest BCUT2D eigenvalue weighted by molar-refractivity contribution is -0.138. The van der Waals surface area contributed by atoms with Crippen molar-refractivity contribution in [3.8, 4) is 0 Å². The van der Waals surface area contributed by atoms with Gasteiger partial charge in [0.15, 0.2) is 0 Å². The molecular formula is C17H31NO2. The zero-order valence-electron chi connectivity index (χ0n) is 14.2. The van der Waals surface area contributed by atoms with Gasteiger partial charge in [-0.3, -0.25) is 9.59 Å². The molecule has 0 saturated carbocycles. The lowest BCUT2D eigenvalue weighted by atomic mass is 9.61. The highest BCUT2D eigenvalue weighted by molar-refractivity contribution is 6.03. The van der Waals surface area contributed by atoms with Crippen LogP contribution in [0.4, 0.5) is 0 Å². The summed E-state index contributed by atoms with van der Waals surface area (Å²) in [5.74, 6) is -0.275. The van der Waals surface area contributed by atoms with E-state index in [1.165, 1.54) is 0 Å². The van der Waals surface area contributed by atoms with Gasteiger partial charge in [-0.2, -0.15) is 0 Å². The zero-order chi connectivity index (χ0) is 15.7. The van der Waals surface area contributed by atoms with Gasteiger partial charge in [0.2, 0.25) is 5.91 Å². The van der Waals surface area contributed by atoms with Crippen LogP contribution < -0.4 is 5.32 Å². The van der Waals surface area contributed by atoms with Crippen molar-refractivity contribution < 1.29 is 9.59 Å². The van der Waals surface area contributed by atoms with Gasteiger partial charge in [0.25, 0.3) is 0 Å². The van der Waals surface area contributed by atoms with Crippen molar-refractivity contribution in [2.45, 2.75) is 61.3 Å². The van der Waals surface area contributed by atoms with Crippen LogP contribution in [-0.2, 0) is 9.59 Å². The number of ketones is 1. The Kier molecular flexibility index (Phi) is 5.04. The molecule has 0 aromatic carbocycles. The lowest BCUT2D eigenvalue weighted by Crippen LogP contribution is -2.44. The fraction of sp³-hybridized carbons (Fsp3) is 0.882. The number of Topliss-reactive ketones (excluding diaryl/α,β-unsaturated/α-hetero) is 1. The number of rotatable bonds is 2. The second kappa shape index (κ2) is 5.87. The Morgan fingerprint density at radius 3 is 2.00 bits per heavy atom. The van der Waals surface area contributed by atoms with Crippen molar-refractivity contribution in [2.75, 3.05) is 6.54 Å². The van der Waals surface area contributed by atoms with Gasteiger partial charge in [-0.1, -0.05) is 54.9 Å². The summed E-state index contributed by atoms with van der Waals surface area (Å²) in [6.45, 7) is 15.5. The van der Waals surface area contributed by atoms with Crippen LogP contribution in [0.25, 0.3) is 0 Å². The first kappa shape index (κ1) is 17.2. The van der Waals surface area contributed by atoms with Crippen LogP contribution >= 0.6 is 0 Å². The fourth-order valence-electron chi connectivity index (χ4n) is 3.39. The maximum absolute atomic E-state index is 13.0. The molecule has 1 heterocycles. The van der Waals surface area contributed by atoms with Crippen molar-refractivity contribution in [3.63, 3.8) is 0 Å². The summed E-state index contributed by atoms with van der Waals surface area (Å²) in [6, 6.07) is 0. The first-order chi connectivity index (χ1) is 9.00. The Bertz CT molecular complexity index is 373. The van der Waals surface area contributed by atoms with Crippen LogP contribution in [0.3, 0.4) is 0 Å². The third-order valence-corrected chi connectivity index (χ3v) is 4.49. The second-order valence-corrected chi connectivity index (χ2v) is 8.30. The predicted octanol–water partition coefficient (Wildman–Crippen LogP) is 3.43. The number of carbonyl (C=O) groups is 2. The average Bonchev–Trinajstić information content (AvgIpc) is 2.38. The topological polar surface area (TPSA) is 46.2 Å². The summed E-state index contributed by atoms with van der Waals surface area (Å²) in [5.41, 5.74) is -0.116. The fourth-order valence-corrected chi connectivity index (χ4v) is 3.39. The highest BCUT2D eigenvalue weighted by Gasteiger charge is 2.48. The van der Waals surface area contributed by atoms with Crippen LogP contribution in [0.5, 0.6) is 0 Å². The Labute approximate surface area is 123 Å². The van der Waals surface area contributed by atoms with Crippen molar-refractivity contribution in [1.82, 2.24) is 5.32 Å². The molecule has 1 amide bonds. The molecule has 1 aliphatic heterocycles. The van der Waals surface area contributed by atoms with E-state index in [9.17, 15) is 9.59 Å². The minimum absolute atomic E-state index is 0.00198. The molecule has 3 unspecified atom stereocenters. The third kappa shape index (κ3) is 3.62. The third-order valence-electron chi connectivity index (χ3n) is 4.49. The Morgan fingerprint density at radius 2 is 1.60 bits per heavy atom. The van der Waals surface area contributed by atoms with Crippen molar-refractivity contribution in [1.29, 1.82) is 0 Å². The van der Waals surface area contributed by atoms with E-state index in [4.69, 9.17) is 0 Å². The molecule has 1 N–H and O–H groups in total. The van der Waals surface area contributed by atoms with Gasteiger partial charge in [-0.25, -0.2) is 0 Å². The number of carbonyl (C=O) groups excluding carboxylic acids is 2. The van der Waals surface area contributed by atoms with E-state index in [1.807, 2.05) is 6.92 Å². The largest absolute Gasteiger partial charge is 0.355 e. The van der Waals surface area contributed by atoms with Crippen molar-refractivity contribution >= 4 is 11.7 Å². The smallest absolute Gasteiger partial charge is 0.230 e. The Balaban J connectivity index is 3.24. The standard InChI is InChI=1S/C17H31NO2/c1-8-9-11-14(19)13(17(5,6)7)12(16(2,3)4)10-18-15(11)20/h11-13H,8-10H2,1-7H3,(H,18,20). The number of nitrogens with one attached hydrogen (secondary N) is 1. The number of amides is 1. The molecule has 1 aliphatic rings. The summed E-state index contributed by atoms with van der Waals surface area (Å²) in [4.78, 5) is 25.2. The highest BCUT2D eigenvalue weighted by Crippen LogP contribution is 2.44. The summed E-state index contributed by atoms with van der Waals surface area (Å²) in [7, 11) is 0. The monoisotopic (exact) mass is 281 g/mol. The molecular weight excluding hydrogens is 250 g/mol. The van der Waals surface area contributed by atoms with Gasteiger partial charge >= 0.3 is 0 Å². The molecule has 0 aromatic rings. The van der Waals surface area contributed by atoms with Crippen LogP contribution in [0.2, 0.25) is 0 Å². The molecule has 20 heavy (non-hydrogen) atoms. The first-order valence-electron chi connectivity index (χ1n) is 7.81. The van der Waals surface area contributed by atoms with E-state index in [1.54, 1.807) is 0 Å². The molecule has 116 valence electrons. The van der Waals surface area contributed by atoms with E-state index in [0.717, 1.165) is 6.42 Å². The van der Waals surface area contributed by atoms with Crippen LogP contribution in [0, 0.1) is 28.6 Å². The summed E-state index contributed by atoms with van der Waals surface area (Å²) in [5, 5.41) is 3.01. The number of hydrogen-bond donors (Lipinski definition) is 1. The van der Waals surface area contributed by atoms with Gasteiger partial charge in [-0.15, -0.1) is 0 Å².